The fourth-order valence-electron chi connectivity index (χ4n) is 2.22. The number of anilines is 1. The molecule has 0 radical (unpaired) electrons. The summed E-state index contributed by atoms with van der Waals surface area (Å²) in [4.78, 5) is 12.0. The monoisotopic (exact) mass is 333 g/mol. The molecule has 2 rings (SSSR count). The van der Waals surface area contributed by atoms with Crippen molar-refractivity contribution in [2.24, 2.45) is 0 Å². The van der Waals surface area contributed by atoms with Crippen molar-refractivity contribution in [3.05, 3.63) is 63.7 Å². The molecule has 0 aliphatic rings. The smallest absolute Gasteiger partial charge is 0.234 e. The van der Waals surface area contributed by atoms with E-state index in [1.807, 2.05) is 19.1 Å². The van der Waals surface area contributed by atoms with Crippen molar-refractivity contribution in [3.63, 3.8) is 0 Å². The van der Waals surface area contributed by atoms with Gasteiger partial charge in [0.05, 0.1) is 5.75 Å². The Bertz CT molecular complexity index is 685. The number of carbonyl (C=O) groups excluding carboxylic acids is 1. The molecule has 0 spiro atoms. The molecule has 0 aliphatic heterocycles. The number of nitrogens with one attached hydrogen (secondary N) is 1. The summed E-state index contributed by atoms with van der Waals surface area (Å²) >= 11 is 7.54. The van der Waals surface area contributed by atoms with E-state index in [1.165, 1.54) is 16.7 Å². The first-order valence-corrected chi connectivity index (χ1v) is 8.69. The standard InChI is InChI=1S/C18H20ClNOS/c1-12-4-5-15(13(2)8-12)10-22-11-18(21)20-17-7-6-16(19)9-14(17)3/h4-9H,10-11H2,1-3H3,(H,20,21). The number of halogens is 1. The molecule has 1 N–H and O–H groups in total. The summed E-state index contributed by atoms with van der Waals surface area (Å²) in [6.45, 7) is 6.14. The summed E-state index contributed by atoms with van der Waals surface area (Å²) in [5.41, 5.74) is 5.62. The molecule has 0 aromatic heterocycles. The normalized spacial score (nSPS) is 10.5. The quantitative estimate of drug-likeness (QED) is 0.821. The van der Waals surface area contributed by atoms with Gasteiger partial charge in [0.1, 0.15) is 0 Å². The van der Waals surface area contributed by atoms with Crippen LogP contribution in [0, 0.1) is 20.8 Å². The second-order valence-electron chi connectivity index (χ2n) is 5.43. The largest absolute Gasteiger partial charge is 0.325 e. The lowest BCUT2D eigenvalue weighted by Gasteiger charge is -2.09. The van der Waals surface area contributed by atoms with Crippen LogP contribution < -0.4 is 5.32 Å². The Kier molecular flexibility index (Phi) is 5.92. The zero-order valence-electron chi connectivity index (χ0n) is 13.1. The topological polar surface area (TPSA) is 29.1 Å². The van der Waals surface area contributed by atoms with Gasteiger partial charge in [-0.2, -0.15) is 0 Å². The highest BCUT2D eigenvalue weighted by Gasteiger charge is 2.06. The van der Waals surface area contributed by atoms with E-state index in [-0.39, 0.29) is 5.91 Å². The van der Waals surface area contributed by atoms with Crippen LogP contribution in [0.5, 0.6) is 0 Å². The number of hydrogen-bond acceptors (Lipinski definition) is 2. The summed E-state index contributed by atoms with van der Waals surface area (Å²) in [6.07, 6.45) is 0. The van der Waals surface area contributed by atoms with Crippen molar-refractivity contribution in [2.45, 2.75) is 26.5 Å². The van der Waals surface area contributed by atoms with Crippen LogP contribution in [0.25, 0.3) is 0 Å². The summed E-state index contributed by atoms with van der Waals surface area (Å²) in [7, 11) is 0. The maximum atomic E-state index is 12.0. The molecule has 0 saturated carbocycles. The molecule has 2 aromatic rings. The molecule has 22 heavy (non-hydrogen) atoms. The van der Waals surface area contributed by atoms with E-state index in [9.17, 15) is 4.79 Å². The zero-order valence-corrected chi connectivity index (χ0v) is 14.6. The van der Waals surface area contributed by atoms with Crippen LogP contribution in [0.3, 0.4) is 0 Å². The van der Waals surface area contributed by atoms with Crippen molar-refractivity contribution in [1.82, 2.24) is 0 Å². The van der Waals surface area contributed by atoms with Gasteiger partial charge in [-0.15, -0.1) is 11.8 Å². The molecule has 0 bridgehead atoms. The number of rotatable bonds is 5. The molecular formula is C18H20ClNOS. The van der Waals surface area contributed by atoms with Gasteiger partial charge in [0.2, 0.25) is 5.91 Å². The summed E-state index contributed by atoms with van der Waals surface area (Å²) in [5.74, 6) is 1.30. The molecule has 2 nitrogen and oxygen atoms in total. The molecule has 0 saturated heterocycles. The van der Waals surface area contributed by atoms with Crippen LogP contribution in [-0.4, -0.2) is 11.7 Å². The second kappa shape index (κ2) is 7.70. The van der Waals surface area contributed by atoms with E-state index in [2.05, 4.69) is 37.4 Å². The molecule has 0 fully saturated rings. The number of amides is 1. The van der Waals surface area contributed by atoms with Crippen LogP contribution >= 0.6 is 23.4 Å². The highest BCUT2D eigenvalue weighted by Crippen LogP contribution is 2.21. The summed E-state index contributed by atoms with van der Waals surface area (Å²) in [6, 6.07) is 11.9. The van der Waals surface area contributed by atoms with Crippen molar-refractivity contribution in [2.75, 3.05) is 11.1 Å². The lowest BCUT2D eigenvalue weighted by molar-refractivity contribution is -0.113. The van der Waals surface area contributed by atoms with E-state index < -0.39 is 0 Å². The van der Waals surface area contributed by atoms with Gasteiger partial charge in [0.25, 0.3) is 0 Å². The van der Waals surface area contributed by atoms with Gasteiger partial charge in [-0.1, -0.05) is 35.4 Å². The predicted molar refractivity (Wildman–Crippen MR) is 96.9 cm³/mol. The molecule has 116 valence electrons. The first-order valence-electron chi connectivity index (χ1n) is 7.15. The lowest BCUT2D eigenvalue weighted by atomic mass is 10.1. The third kappa shape index (κ3) is 4.79. The molecule has 4 heteroatoms. The maximum absolute atomic E-state index is 12.0. The molecular weight excluding hydrogens is 314 g/mol. The van der Waals surface area contributed by atoms with E-state index in [4.69, 9.17) is 11.6 Å². The van der Waals surface area contributed by atoms with Gasteiger partial charge < -0.3 is 5.32 Å². The third-order valence-corrected chi connectivity index (χ3v) is 4.67. The van der Waals surface area contributed by atoms with E-state index >= 15 is 0 Å². The average Bonchev–Trinajstić information content (AvgIpc) is 2.44. The Morgan fingerprint density at radius 3 is 2.55 bits per heavy atom. The Labute approximate surface area is 141 Å². The van der Waals surface area contributed by atoms with Crippen LogP contribution in [-0.2, 0) is 10.5 Å². The first-order chi connectivity index (χ1) is 10.5. The van der Waals surface area contributed by atoms with Gasteiger partial charge in [-0.25, -0.2) is 0 Å². The van der Waals surface area contributed by atoms with Crippen LogP contribution in [0.2, 0.25) is 5.02 Å². The second-order valence-corrected chi connectivity index (χ2v) is 6.85. The maximum Gasteiger partial charge on any atom is 0.234 e. The van der Waals surface area contributed by atoms with Crippen molar-refractivity contribution < 1.29 is 4.79 Å². The SMILES string of the molecule is Cc1ccc(CSCC(=O)Nc2ccc(Cl)cc2C)c(C)c1. The summed E-state index contributed by atoms with van der Waals surface area (Å²) < 4.78 is 0. The Hall–Kier alpha value is -1.45. The van der Waals surface area contributed by atoms with E-state index in [0.29, 0.717) is 10.8 Å². The average molecular weight is 334 g/mol. The number of benzene rings is 2. The number of thioether (sulfide) groups is 1. The highest BCUT2D eigenvalue weighted by atomic mass is 35.5. The van der Waals surface area contributed by atoms with Crippen molar-refractivity contribution in [3.8, 4) is 0 Å². The van der Waals surface area contributed by atoms with Crippen molar-refractivity contribution >= 4 is 35.0 Å². The molecule has 2 aromatic carbocycles. The minimum atomic E-state index is 0.0141. The fraction of sp³-hybridized carbons (Fsp3) is 0.278. The minimum absolute atomic E-state index is 0.0141. The number of hydrogen-bond donors (Lipinski definition) is 1. The molecule has 0 atom stereocenters. The third-order valence-electron chi connectivity index (χ3n) is 3.45. The molecule has 0 aliphatic carbocycles. The summed E-state index contributed by atoms with van der Waals surface area (Å²) in [5, 5.41) is 3.61. The minimum Gasteiger partial charge on any atom is -0.325 e. The Morgan fingerprint density at radius 2 is 1.86 bits per heavy atom. The number of aryl methyl sites for hydroxylation is 3. The van der Waals surface area contributed by atoms with E-state index in [1.54, 1.807) is 17.8 Å². The molecule has 0 unspecified atom stereocenters. The number of carbonyl (C=O) groups is 1. The predicted octanol–water partition coefficient (Wildman–Crippen LogP) is 5.14. The van der Waals surface area contributed by atoms with Crippen molar-refractivity contribution in [1.29, 1.82) is 0 Å². The van der Waals surface area contributed by atoms with Crippen LogP contribution in [0.1, 0.15) is 22.3 Å². The van der Waals surface area contributed by atoms with Gasteiger partial charge in [0.15, 0.2) is 0 Å². The molecule has 0 heterocycles. The first kappa shape index (κ1) is 16.9. The fourth-order valence-corrected chi connectivity index (χ4v) is 3.35. The van der Waals surface area contributed by atoms with Gasteiger partial charge in [0, 0.05) is 16.5 Å². The van der Waals surface area contributed by atoms with Gasteiger partial charge >= 0.3 is 0 Å². The van der Waals surface area contributed by atoms with Crippen LogP contribution in [0.4, 0.5) is 5.69 Å². The Morgan fingerprint density at radius 1 is 1.09 bits per heavy atom. The highest BCUT2D eigenvalue weighted by molar-refractivity contribution is 7.99. The van der Waals surface area contributed by atoms with Gasteiger partial charge in [-0.05, 0) is 55.7 Å². The van der Waals surface area contributed by atoms with E-state index in [0.717, 1.165) is 17.0 Å². The zero-order chi connectivity index (χ0) is 16.1. The van der Waals surface area contributed by atoms with Crippen LogP contribution in [0.15, 0.2) is 36.4 Å². The lowest BCUT2D eigenvalue weighted by Crippen LogP contribution is -2.15. The Balaban J connectivity index is 1.85. The van der Waals surface area contributed by atoms with Gasteiger partial charge in [-0.3, -0.25) is 4.79 Å². The molecule has 1 amide bonds.